The number of β-lactam (4-membered cyclic amide) rings is 1. The van der Waals surface area contributed by atoms with Gasteiger partial charge in [0.25, 0.3) is 5.91 Å². The van der Waals surface area contributed by atoms with E-state index in [0.717, 1.165) is 5.56 Å². The first-order chi connectivity index (χ1) is 14.4. The molecule has 1 aliphatic rings. The van der Waals surface area contributed by atoms with Crippen LogP contribution in [-0.4, -0.2) is 48.6 Å². The van der Waals surface area contributed by atoms with Gasteiger partial charge in [0, 0.05) is 17.7 Å². The lowest BCUT2D eigenvalue weighted by atomic mass is 9.88. The van der Waals surface area contributed by atoms with Gasteiger partial charge in [0.2, 0.25) is 11.5 Å². The number of rotatable bonds is 8. The fraction of sp³-hybridized carbons (Fsp3) is 0.318. The van der Waals surface area contributed by atoms with Crippen molar-refractivity contribution in [3.63, 3.8) is 0 Å². The molecular weight excluding hydrogens is 390 g/mol. The first-order valence-corrected chi connectivity index (χ1v) is 9.07. The second-order valence-electron chi connectivity index (χ2n) is 6.45. The summed E-state index contributed by atoms with van der Waals surface area (Å²) in [6.45, 7) is 3.96. The average Bonchev–Trinajstić information content (AvgIpc) is 2.79. The Bertz CT molecular complexity index is 856. The average molecular weight is 415 g/mol. The van der Waals surface area contributed by atoms with E-state index in [1.54, 1.807) is 43.4 Å². The topological polar surface area (TPSA) is 75.7 Å². The van der Waals surface area contributed by atoms with Gasteiger partial charge >= 0.3 is 0 Å². The molecule has 0 saturated carbocycles. The number of nitrogens with zero attached hydrogens (tertiary/aromatic N) is 1. The van der Waals surface area contributed by atoms with Crippen molar-refractivity contribution in [2.75, 3.05) is 47.6 Å². The molecule has 1 fully saturated rings. The summed E-state index contributed by atoms with van der Waals surface area (Å²) in [4.78, 5) is 14.4. The predicted molar refractivity (Wildman–Crippen MR) is 112 cm³/mol. The lowest BCUT2D eigenvalue weighted by molar-refractivity contribution is -0.119. The molecule has 1 atom stereocenters. The van der Waals surface area contributed by atoms with Crippen molar-refractivity contribution >= 4 is 11.6 Å². The van der Waals surface area contributed by atoms with Crippen molar-refractivity contribution < 1.29 is 33.2 Å². The van der Waals surface area contributed by atoms with E-state index in [2.05, 4.69) is 6.58 Å². The number of hydrogen-bond acceptors (Lipinski definition) is 7. The lowest BCUT2D eigenvalue weighted by Gasteiger charge is -2.43. The van der Waals surface area contributed by atoms with Crippen LogP contribution in [0.15, 0.2) is 36.4 Å². The Labute approximate surface area is 175 Å². The summed E-state index contributed by atoms with van der Waals surface area (Å²) < 4.78 is 32.5. The molecule has 1 unspecified atom stereocenters. The Kier molecular flexibility index (Phi) is 5.96. The standard InChI is InChI=1S/C22H25NO7/c1-12-19(13-8-15(25-2)20(29-6)16(9-13)26-3)23(22(12)24)14-10-17(27-4)21(30-7)18(11-14)28-5/h8-11,19H,1H2,2-7H3. The van der Waals surface area contributed by atoms with E-state index in [1.807, 2.05) is 0 Å². The number of methoxy groups -OCH3 is 6. The number of benzene rings is 2. The fourth-order valence-corrected chi connectivity index (χ4v) is 3.56. The maximum Gasteiger partial charge on any atom is 0.256 e. The molecule has 0 aliphatic carbocycles. The largest absolute Gasteiger partial charge is 0.493 e. The molecule has 2 aromatic carbocycles. The van der Waals surface area contributed by atoms with Crippen LogP contribution in [0.25, 0.3) is 0 Å². The highest BCUT2D eigenvalue weighted by Crippen LogP contribution is 2.50. The van der Waals surface area contributed by atoms with Gasteiger partial charge < -0.3 is 28.4 Å². The number of ether oxygens (including phenoxy) is 6. The lowest BCUT2D eigenvalue weighted by Crippen LogP contribution is -2.48. The minimum absolute atomic E-state index is 0.206. The SMILES string of the molecule is C=C1C(=O)N(c2cc(OC)c(OC)c(OC)c2)C1c1cc(OC)c(OC)c(OC)c1. The number of anilines is 1. The minimum atomic E-state index is -0.422. The maximum atomic E-state index is 12.8. The van der Waals surface area contributed by atoms with E-state index in [9.17, 15) is 4.79 Å². The van der Waals surface area contributed by atoms with E-state index >= 15 is 0 Å². The Morgan fingerprint density at radius 3 is 1.47 bits per heavy atom. The summed E-state index contributed by atoms with van der Waals surface area (Å²) in [6.07, 6.45) is 0. The van der Waals surface area contributed by atoms with Crippen molar-refractivity contribution in [3.8, 4) is 34.5 Å². The smallest absolute Gasteiger partial charge is 0.256 e. The zero-order valence-electron chi connectivity index (χ0n) is 17.9. The highest BCUT2D eigenvalue weighted by atomic mass is 16.5. The number of carbonyl (C=O) groups is 1. The maximum absolute atomic E-state index is 12.8. The van der Waals surface area contributed by atoms with E-state index in [1.165, 1.54) is 28.4 Å². The molecule has 1 saturated heterocycles. The number of carbonyl (C=O) groups excluding carboxylic acids is 1. The summed E-state index contributed by atoms with van der Waals surface area (Å²) >= 11 is 0. The Hall–Kier alpha value is -3.55. The van der Waals surface area contributed by atoms with E-state index in [4.69, 9.17) is 28.4 Å². The molecule has 0 aromatic heterocycles. The van der Waals surface area contributed by atoms with Crippen LogP contribution in [0, 0.1) is 0 Å². The molecule has 1 aliphatic heterocycles. The molecule has 2 aromatic rings. The summed E-state index contributed by atoms with van der Waals surface area (Å²) in [7, 11) is 9.18. The van der Waals surface area contributed by atoms with Gasteiger partial charge in [-0.05, 0) is 17.7 Å². The molecule has 160 valence electrons. The van der Waals surface area contributed by atoms with E-state index in [-0.39, 0.29) is 5.91 Å². The Morgan fingerprint density at radius 1 is 0.700 bits per heavy atom. The monoisotopic (exact) mass is 415 g/mol. The van der Waals surface area contributed by atoms with Crippen LogP contribution in [0.1, 0.15) is 11.6 Å². The van der Waals surface area contributed by atoms with Crippen LogP contribution in [-0.2, 0) is 4.79 Å². The van der Waals surface area contributed by atoms with Gasteiger partial charge in [-0.15, -0.1) is 0 Å². The normalized spacial score (nSPS) is 15.4. The van der Waals surface area contributed by atoms with Crippen LogP contribution >= 0.6 is 0 Å². The molecular formula is C22H25NO7. The molecule has 30 heavy (non-hydrogen) atoms. The van der Waals surface area contributed by atoms with Crippen molar-refractivity contribution in [2.45, 2.75) is 6.04 Å². The first kappa shape index (κ1) is 21.2. The van der Waals surface area contributed by atoms with Crippen molar-refractivity contribution in [2.24, 2.45) is 0 Å². The fourth-order valence-electron chi connectivity index (χ4n) is 3.56. The predicted octanol–water partition coefficient (Wildman–Crippen LogP) is 3.38. The minimum Gasteiger partial charge on any atom is -0.493 e. The quantitative estimate of drug-likeness (QED) is 0.483. The third-order valence-corrected chi connectivity index (χ3v) is 5.01. The van der Waals surface area contributed by atoms with Gasteiger partial charge in [0.05, 0.1) is 54.4 Å². The van der Waals surface area contributed by atoms with Crippen LogP contribution in [0.2, 0.25) is 0 Å². The molecule has 8 nitrogen and oxygen atoms in total. The molecule has 0 spiro atoms. The van der Waals surface area contributed by atoms with E-state index in [0.29, 0.717) is 45.8 Å². The summed E-state index contributed by atoms with van der Waals surface area (Å²) in [5.74, 6) is 2.58. The van der Waals surface area contributed by atoms with Crippen molar-refractivity contribution in [3.05, 3.63) is 42.0 Å². The molecule has 3 rings (SSSR count). The molecule has 1 heterocycles. The van der Waals surface area contributed by atoms with Gasteiger partial charge in [0.15, 0.2) is 23.0 Å². The Morgan fingerprint density at radius 2 is 1.10 bits per heavy atom. The van der Waals surface area contributed by atoms with Gasteiger partial charge in [-0.1, -0.05) is 6.58 Å². The highest BCUT2D eigenvalue weighted by molar-refractivity contribution is 6.15. The zero-order valence-corrected chi connectivity index (χ0v) is 17.9. The van der Waals surface area contributed by atoms with Gasteiger partial charge in [-0.25, -0.2) is 0 Å². The van der Waals surface area contributed by atoms with Gasteiger partial charge in [-0.2, -0.15) is 0 Å². The summed E-state index contributed by atoms with van der Waals surface area (Å²) in [6, 6.07) is 6.62. The van der Waals surface area contributed by atoms with Crippen molar-refractivity contribution in [1.29, 1.82) is 0 Å². The molecule has 0 radical (unpaired) electrons. The molecule has 0 N–H and O–H groups in total. The number of hydrogen-bond donors (Lipinski definition) is 0. The Balaban J connectivity index is 2.12. The second-order valence-corrected chi connectivity index (χ2v) is 6.45. The zero-order chi connectivity index (χ0) is 22.0. The molecule has 1 amide bonds. The molecule has 0 bridgehead atoms. The number of amides is 1. The molecule has 8 heteroatoms. The van der Waals surface area contributed by atoms with Crippen LogP contribution in [0.5, 0.6) is 34.5 Å². The van der Waals surface area contributed by atoms with Crippen molar-refractivity contribution in [1.82, 2.24) is 0 Å². The third-order valence-electron chi connectivity index (χ3n) is 5.01. The second kappa shape index (κ2) is 8.44. The third kappa shape index (κ3) is 3.24. The van der Waals surface area contributed by atoms with Crippen LogP contribution in [0.3, 0.4) is 0 Å². The van der Waals surface area contributed by atoms with Crippen LogP contribution in [0.4, 0.5) is 5.69 Å². The summed E-state index contributed by atoms with van der Waals surface area (Å²) in [5.41, 5.74) is 1.79. The van der Waals surface area contributed by atoms with Crippen LogP contribution < -0.4 is 33.3 Å². The highest BCUT2D eigenvalue weighted by Gasteiger charge is 2.44. The summed E-state index contributed by atoms with van der Waals surface area (Å²) in [5, 5.41) is 0. The first-order valence-electron chi connectivity index (χ1n) is 9.07. The van der Waals surface area contributed by atoms with Gasteiger partial charge in [-0.3, -0.25) is 9.69 Å². The van der Waals surface area contributed by atoms with Gasteiger partial charge in [0.1, 0.15) is 0 Å². The van der Waals surface area contributed by atoms with E-state index < -0.39 is 6.04 Å².